The zero-order valence-corrected chi connectivity index (χ0v) is 11.0. The van der Waals surface area contributed by atoms with E-state index in [2.05, 4.69) is 20.6 Å². The SMILES string of the molecule is CNc1cc(Nc2ccc(Cl)cc2C(F)(F)F)ncn1. The molecular weight excluding hydrogens is 293 g/mol. The first-order valence-corrected chi connectivity index (χ1v) is 5.91. The van der Waals surface area contributed by atoms with Crippen molar-refractivity contribution < 1.29 is 13.2 Å². The molecule has 4 nitrogen and oxygen atoms in total. The Morgan fingerprint density at radius 2 is 1.80 bits per heavy atom. The highest BCUT2D eigenvalue weighted by molar-refractivity contribution is 6.30. The summed E-state index contributed by atoms with van der Waals surface area (Å²) in [4.78, 5) is 7.74. The van der Waals surface area contributed by atoms with Gasteiger partial charge in [0.1, 0.15) is 18.0 Å². The maximum absolute atomic E-state index is 12.9. The Morgan fingerprint density at radius 1 is 1.10 bits per heavy atom. The van der Waals surface area contributed by atoms with Gasteiger partial charge < -0.3 is 10.6 Å². The number of rotatable bonds is 3. The van der Waals surface area contributed by atoms with Crippen LogP contribution < -0.4 is 10.6 Å². The second kappa shape index (κ2) is 5.54. The number of alkyl halides is 3. The van der Waals surface area contributed by atoms with Crippen LogP contribution >= 0.6 is 11.6 Å². The highest BCUT2D eigenvalue weighted by Crippen LogP contribution is 2.37. The molecule has 0 bridgehead atoms. The van der Waals surface area contributed by atoms with E-state index in [9.17, 15) is 13.2 Å². The number of hydrogen-bond acceptors (Lipinski definition) is 4. The average Bonchev–Trinajstić information content (AvgIpc) is 2.40. The summed E-state index contributed by atoms with van der Waals surface area (Å²) in [7, 11) is 1.65. The van der Waals surface area contributed by atoms with Gasteiger partial charge in [-0.15, -0.1) is 0 Å². The third kappa shape index (κ3) is 3.30. The topological polar surface area (TPSA) is 49.8 Å². The van der Waals surface area contributed by atoms with Gasteiger partial charge in [-0.3, -0.25) is 0 Å². The number of nitrogens with zero attached hydrogens (tertiary/aromatic N) is 2. The van der Waals surface area contributed by atoms with E-state index in [-0.39, 0.29) is 16.5 Å². The highest BCUT2D eigenvalue weighted by atomic mass is 35.5. The fourth-order valence-corrected chi connectivity index (χ4v) is 1.73. The Labute approximate surface area is 118 Å². The molecule has 8 heteroatoms. The molecular formula is C12H10ClF3N4. The van der Waals surface area contributed by atoms with Crippen LogP contribution in [-0.4, -0.2) is 17.0 Å². The number of benzene rings is 1. The van der Waals surface area contributed by atoms with Crippen molar-refractivity contribution in [3.05, 3.63) is 41.2 Å². The number of hydrogen-bond donors (Lipinski definition) is 2. The number of halogens is 4. The minimum absolute atomic E-state index is 0.0153. The van der Waals surface area contributed by atoms with Crippen LogP contribution in [-0.2, 0) is 6.18 Å². The van der Waals surface area contributed by atoms with Gasteiger partial charge in [0.25, 0.3) is 0 Å². The van der Waals surface area contributed by atoms with E-state index in [4.69, 9.17) is 11.6 Å². The van der Waals surface area contributed by atoms with Crippen LogP contribution in [0.4, 0.5) is 30.5 Å². The van der Waals surface area contributed by atoms with Crippen molar-refractivity contribution in [2.75, 3.05) is 17.7 Å². The van der Waals surface area contributed by atoms with E-state index in [0.717, 1.165) is 6.07 Å². The molecule has 0 amide bonds. The van der Waals surface area contributed by atoms with Gasteiger partial charge in [0.15, 0.2) is 0 Å². The summed E-state index contributed by atoms with van der Waals surface area (Å²) in [6.07, 6.45) is -3.26. The van der Waals surface area contributed by atoms with Crippen LogP contribution in [0.3, 0.4) is 0 Å². The fraction of sp³-hybridized carbons (Fsp3) is 0.167. The van der Waals surface area contributed by atoms with Crippen molar-refractivity contribution in [3.63, 3.8) is 0 Å². The van der Waals surface area contributed by atoms with Crippen LogP contribution in [0.25, 0.3) is 0 Å². The Hall–Kier alpha value is -2.02. The van der Waals surface area contributed by atoms with Crippen molar-refractivity contribution in [2.45, 2.75) is 6.18 Å². The lowest BCUT2D eigenvalue weighted by molar-refractivity contribution is -0.136. The molecule has 0 saturated carbocycles. The molecule has 0 saturated heterocycles. The summed E-state index contributed by atoms with van der Waals surface area (Å²) in [5, 5.41) is 5.40. The van der Waals surface area contributed by atoms with E-state index in [1.807, 2.05) is 0 Å². The van der Waals surface area contributed by atoms with Crippen molar-refractivity contribution in [3.8, 4) is 0 Å². The first kappa shape index (κ1) is 14.4. The Morgan fingerprint density at radius 3 is 2.45 bits per heavy atom. The molecule has 0 aliphatic heterocycles. The normalized spacial score (nSPS) is 11.2. The molecule has 0 atom stereocenters. The van der Waals surface area contributed by atoms with Crippen LogP contribution in [0.15, 0.2) is 30.6 Å². The lowest BCUT2D eigenvalue weighted by Gasteiger charge is -2.14. The second-order valence-corrected chi connectivity index (χ2v) is 4.29. The molecule has 2 N–H and O–H groups in total. The van der Waals surface area contributed by atoms with E-state index in [1.54, 1.807) is 7.05 Å². The van der Waals surface area contributed by atoms with Gasteiger partial charge in [-0.05, 0) is 18.2 Å². The third-order valence-electron chi connectivity index (χ3n) is 2.47. The molecule has 20 heavy (non-hydrogen) atoms. The predicted octanol–water partition coefficient (Wildman–Crippen LogP) is 3.93. The minimum Gasteiger partial charge on any atom is -0.373 e. The van der Waals surface area contributed by atoms with Gasteiger partial charge in [-0.2, -0.15) is 13.2 Å². The molecule has 0 aliphatic rings. The van der Waals surface area contributed by atoms with Crippen molar-refractivity contribution in [1.29, 1.82) is 0 Å². The molecule has 0 unspecified atom stereocenters. The zero-order chi connectivity index (χ0) is 14.8. The zero-order valence-electron chi connectivity index (χ0n) is 10.3. The molecule has 2 aromatic rings. The number of nitrogens with one attached hydrogen (secondary N) is 2. The van der Waals surface area contributed by atoms with Gasteiger partial charge in [0, 0.05) is 18.1 Å². The van der Waals surface area contributed by atoms with Gasteiger partial charge >= 0.3 is 6.18 Å². The molecule has 0 spiro atoms. The molecule has 1 aromatic heterocycles. The smallest absolute Gasteiger partial charge is 0.373 e. The van der Waals surface area contributed by atoms with E-state index in [1.165, 1.54) is 24.5 Å². The van der Waals surface area contributed by atoms with Gasteiger partial charge in [-0.1, -0.05) is 11.6 Å². The van der Waals surface area contributed by atoms with Crippen molar-refractivity contribution in [1.82, 2.24) is 9.97 Å². The van der Waals surface area contributed by atoms with Crippen LogP contribution in [0.5, 0.6) is 0 Å². The van der Waals surface area contributed by atoms with E-state index in [0.29, 0.717) is 5.82 Å². The number of anilines is 3. The largest absolute Gasteiger partial charge is 0.418 e. The van der Waals surface area contributed by atoms with Crippen LogP contribution in [0, 0.1) is 0 Å². The standard InChI is InChI=1S/C12H10ClF3N4/c1-17-10-5-11(19-6-18-10)20-9-3-2-7(13)4-8(9)12(14,15)16/h2-6H,1H3,(H2,17,18,19,20). The maximum Gasteiger partial charge on any atom is 0.418 e. The Kier molecular flexibility index (Phi) is 3.99. The van der Waals surface area contributed by atoms with E-state index >= 15 is 0 Å². The molecule has 1 heterocycles. The maximum atomic E-state index is 12.9. The molecule has 106 valence electrons. The first-order chi connectivity index (χ1) is 9.40. The quantitative estimate of drug-likeness (QED) is 0.902. The third-order valence-corrected chi connectivity index (χ3v) is 2.71. The lowest BCUT2D eigenvalue weighted by atomic mass is 10.1. The summed E-state index contributed by atoms with van der Waals surface area (Å²) in [6, 6.07) is 4.99. The summed E-state index contributed by atoms with van der Waals surface area (Å²) in [6.45, 7) is 0. The van der Waals surface area contributed by atoms with Crippen molar-refractivity contribution in [2.24, 2.45) is 0 Å². The van der Waals surface area contributed by atoms with Crippen LogP contribution in [0.2, 0.25) is 5.02 Å². The molecule has 1 aromatic carbocycles. The second-order valence-electron chi connectivity index (χ2n) is 3.85. The summed E-state index contributed by atoms with van der Waals surface area (Å²) >= 11 is 5.61. The van der Waals surface area contributed by atoms with E-state index < -0.39 is 11.7 Å². The monoisotopic (exact) mass is 302 g/mol. The Balaban J connectivity index is 2.38. The summed E-state index contributed by atoms with van der Waals surface area (Å²) < 4.78 is 38.8. The fourth-order valence-electron chi connectivity index (χ4n) is 1.56. The number of aromatic nitrogens is 2. The molecule has 0 aliphatic carbocycles. The van der Waals surface area contributed by atoms with Gasteiger partial charge in [0.2, 0.25) is 0 Å². The average molecular weight is 303 g/mol. The molecule has 0 radical (unpaired) electrons. The predicted molar refractivity (Wildman–Crippen MR) is 71.3 cm³/mol. The van der Waals surface area contributed by atoms with Crippen molar-refractivity contribution >= 4 is 28.9 Å². The van der Waals surface area contributed by atoms with Crippen LogP contribution in [0.1, 0.15) is 5.56 Å². The van der Waals surface area contributed by atoms with Gasteiger partial charge in [0.05, 0.1) is 11.3 Å². The summed E-state index contributed by atoms with van der Waals surface area (Å²) in [5.74, 6) is 0.738. The summed E-state index contributed by atoms with van der Waals surface area (Å²) in [5.41, 5.74) is -0.975. The minimum atomic E-state index is -4.51. The molecule has 2 rings (SSSR count). The van der Waals surface area contributed by atoms with Gasteiger partial charge in [-0.25, -0.2) is 9.97 Å². The Bertz CT molecular complexity index is 616. The molecule has 0 fully saturated rings. The first-order valence-electron chi connectivity index (χ1n) is 5.53. The highest BCUT2D eigenvalue weighted by Gasteiger charge is 2.33. The lowest BCUT2D eigenvalue weighted by Crippen LogP contribution is -2.09.